The molecule has 6 nitrogen and oxygen atoms in total. The second-order valence-electron chi connectivity index (χ2n) is 6.15. The summed E-state index contributed by atoms with van der Waals surface area (Å²) in [6.45, 7) is -0.972. The lowest BCUT2D eigenvalue weighted by atomic mass is 10.1. The van der Waals surface area contributed by atoms with E-state index in [9.17, 15) is 13.6 Å². The molecule has 0 fully saturated rings. The average Bonchev–Trinajstić information content (AvgIpc) is 2.67. The third-order valence-corrected chi connectivity index (χ3v) is 4.19. The first-order valence-electron chi connectivity index (χ1n) is 8.49. The summed E-state index contributed by atoms with van der Waals surface area (Å²) in [5.41, 5.74) is 1.80. The van der Waals surface area contributed by atoms with Gasteiger partial charge in [-0.05, 0) is 31.2 Å². The number of fused-ring (bicyclic) bond motifs is 1. The van der Waals surface area contributed by atoms with E-state index in [0.717, 1.165) is 16.6 Å². The third-order valence-electron chi connectivity index (χ3n) is 4.19. The second kappa shape index (κ2) is 8.16. The molecule has 0 N–H and O–H groups in total. The number of para-hydroxylation sites is 1. The lowest BCUT2D eigenvalue weighted by Gasteiger charge is -2.18. The van der Waals surface area contributed by atoms with Gasteiger partial charge in [0, 0.05) is 23.7 Å². The van der Waals surface area contributed by atoms with Gasteiger partial charge in [-0.25, -0.2) is 9.97 Å². The van der Waals surface area contributed by atoms with Gasteiger partial charge in [0.2, 0.25) is 0 Å². The molecule has 0 unspecified atom stereocenters. The second-order valence-corrected chi connectivity index (χ2v) is 6.15. The SMILES string of the molecule is COc1ccc(C(=O)N(C)Cc2nc(C)c3ccccc3n2)cc1OC(F)F. The Morgan fingerprint density at radius 2 is 1.89 bits per heavy atom. The van der Waals surface area contributed by atoms with Crippen LogP contribution in [0.1, 0.15) is 21.9 Å². The summed E-state index contributed by atoms with van der Waals surface area (Å²) in [6, 6.07) is 11.7. The Morgan fingerprint density at radius 1 is 1.14 bits per heavy atom. The van der Waals surface area contributed by atoms with Crippen LogP contribution in [0.5, 0.6) is 11.5 Å². The summed E-state index contributed by atoms with van der Waals surface area (Å²) in [5, 5.41) is 0.948. The molecule has 1 amide bonds. The summed E-state index contributed by atoms with van der Waals surface area (Å²) < 4.78 is 34.6. The Morgan fingerprint density at radius 3 is 2.61 bits per heavy atom. The first-order chi connectivity index (χ1) is 13.4. The minimum absolute atomic E-state index is 0.119. The zero-order valence-electron chi connectivity index (χ0n) is 15.6. The average molecular weight is 387 g/mol. The maximum absolute atomic E-state index is 12.7. The number of rotatable bonds is 6. The summed E-state index contributed by atoms with van der Waals surface area (Å²) in [7, 11) is 2.93. The minimum Gasteiger partial charge on any atom is -0.493 e. The maximum atomic E-state index is 12.7. The fourth-order valence-corrected chi connectivity index (χ4v) is 2.87. The van der Waals surface area contributed by atoms with Crippen molar-refractivity contribution in [1.82, 2.24) is 14.9 Å². The molecule has 3 aromatic rings. The van der Waals surface area contributed by atoms with E-state index in [1.165, 1.54) is 30.2 Å². The van der Waals surface area contributed by atoms with Crippen LogP contribution in [0.25, 0.3) is 10.9 Å². The fourth-order valence-electron chi connectivity index (χ4n) is 2.87. The molecule has 0 aliphatic heterocycles. The smallest absolute Gasteiger partial charge is 0.387 e. The van der Waals surface area contributed by atoms with E-state index in [1.807, 2.05) is 31.2 Å². The van der Waals surface area contributed by atoms with Gasteiger partial charge in [0.15, 0.2) is 11.5 Å². The van der Waals surface area contributed by atoms with Crippen molar-refractivity contribution in [3.63, 3.8) is 0 Å². The van der Waals surface area contributed by atoms with Crippen molar-refractivity contribution in [1.29, 1.82) is 0 Å². The first-order valence-corrected chi connectivity index (χ1v) is 8.49. The first kappa shape index (κ1) is 19.5. The van der Waals surface area contributed by atoms with Crippen LogP contribution in [0, 0.1) is 6.92 Å². The summed E-state index contributed by atoms with van der Waals surface area (Å²) in [4.78, 5) is 23.1. The van der Waals surface area contributed by atoms with E-state index in [-0.39, 0.29) is 29.5 Å². The predicted molar refractivity (Wildman–Crippen MR) is 99.7 cm³/mol. The molecule has 1 aromatic heterocycles. The minimum atomic E-state index is -3.02. The largest absolute Gasteiger partial charge is 0.493 e. The number of carbonyl (C=O) groups is 1. The Hall–Kier alpha value is -3.29. The standard InChI is InChI=1S/C20H19F2N3O3/c1-12-14-6-4-5-7-15(14)24-18(23-12)11-25(2)19(26)13-8-9-16(27-3)17(10-13)28-20(21)22/h4-10,20H,11H2,1-3H3. The molecule has 0 aliphatic rings. The van der Waals surface area contributed by atoms with Crippen molar-refractivity contribution in [2.45, 2.75) is 20.1 Å². The molecule has 0 bridgehead atoms. The van der Waals surface area contributed by atoms with Gasteiger partial charge in [-0.2, -0.15) is 8.78 Å². The molecular weight excluding hydrogens is 368 g/mol. The number of benzene rings is 2. The van der Waals surface area contributed by atoms with Crippen LogP contribution in [-0.2, 0) is 6.54 Å². The maximum Gasteiger partial charge on any atom is 0.387 e. The molecule has 0 aliphatic carbocycles. The Kier molecular flexibility index (Phi) is 5.67. The van der Waals surface area contributed by atoms with Gasteiger partial charge in [0.05, 0.1) is 19.2 Å². The van der Waals surface area contributed by atoms with Crippen molar-refractivity contribution in [3.8, 4) is 11.5 Å². The number of hydrogen-bond donors (Lipinski definition) is 0. The highest BCUT2D eigenvalue weighted by Crippen LogP contribution is 2.30. The molecule has 0 radical (unpaired) electrons. The number of methoxy groups -OCH3 is 1. The predicted octanol–water partition coefficient (Wildman–Crippen LogP) is 3.82. The number of aryl methyl sites for hydroxylation is 1. The fraction of sp³-hybridized carbons (Fsp3) is 0.250. The Labute approximate surface area is 160 Å². The summed E-state index contributed by atoms with van der Waals surface area (Å²) in [6.07, 6.45) is 0. The van der Waals surface area contributed by atoms with Crippen LogP contribution in [0.15, 0.2) is 42.5 Å². The van der Waals surface area contributed by atoms with Gasteiger partial charge in [0.25, 0.3) is 5.91 Å². The van der Waals surface area contributed by atoms with Crippen molar-refractivity contribution < 1.29 is 23.0 Å². The van der Waals surface area contributed by atoms with Crippen LogP contribution >= 0.6 is 0 Å². The van der Waals surface area contributed by atoms with E-state index in [0.29, 0.717) is 5.82 Å². The number of nitrogens with zero attached hydrogens (tertiary/aromatic N) is 3. The molecule has 8 heteroatoms. The number of ether oxygens (including phenoxy) is 2. The van der Waals surface area contributed by atoms with Gasteiger partial charge < -0.3 is 14.4 Å². The van der Waals surface area contributed by atoms with Crippen LogP contribution in [-0.4, -0.2) is 41.5 Å². The quantitative estimate of drug-likeness (QED) is 0.643. The number of carbonyl (C=O) groups excluding carboxylic acids is 1. The Balaban J connectivity index is 1.83. The lowest BCUT2D eigenvalue weighted by Crippen LogP contribution is -2.27. The molecule has 28 heavy (non-hydrogen) atoms. The molecule has 0 atom stereocenters. The van der Waals surface area contributed by atoms with Crippen molar-refractivity contribution in [2.24, 2.45) is 0 Å². The van der Waals surface area contributed by atoms with E-state index >= 15 is 0 Å². The normalized spacial score (nSPS) is 10.9. The topological polar surface area (TPSA) is 64.5 Å². The zero-order valence-corrected chi connectivity index (χ0v) is 15.6. The summed E-state index contributed by atoms with van der Waals surface area (Å²) >= 11 is 0. The van der Waals surface area contributed by atoms with Crippen LogP contribution in [0.2, 0.25) is 0 Å². The highest BCUT2D eigenvalue weighted by molar-refractivity contribution is 5.94. The van der Waals surface area contributed by atoms with E-state index in [4.69, 9.17) is 4.74 Å². The molecule has 0 spiro atoms. The van der Waals surface area contributed by atoms with Gasteiger partial charge in [0.1, 0.15) is 5.82 Å². The molecule has 146 valence electrons. The van der Waals surface area contributed by atoms with Gasteiger partial charge >= 0.3 is 6.61 Å². The number of alkyl halides is 2. The van der Waals surface area contributed by atoms with E-state index < -0.39 is 6.61 Å². The number of halogens is 2. The van der Waals surface area contributed by atoms with Gasteiger partial charge in [-0.3, -0.25) is 4.79 Å². The molecule has 1 heterocycles. The van der Waals surface area contributed by atoms with Crippen molar-refractivity contribution >= 4 is 16.8 Å². The highest BCUT2D eigenvalue weighted by Gasteiger charge is 2.18. The highest BCUT2D eigenvalue weighted by atomic mass is 19.3. The van der Waals surface area contributed by atoms with Gasteiger partial charge in [-0.1, -0.05) is 18.2 Å². The third kappa shape index (κ3) is 4.16. The number of amides is 1. The van der Waals surface area contributed by atoms with Crippen molar-refractivity contribution in [3.05, 3.63) is 59.5 Å². The van der Waals surface area contributed by atoms with Gasteiger partial charge in [-0.15, -0.1) is 0 Å². The summed E-state index contributed by atoms with van der Waals surface area (Å²) in [5.74, 6) is 0.0309. The van der Waals surface area contributed by atoms with Crippen LogP contribution in [0.3, 0.4) is 0 Å². The lowest BCUT2D eigenvalue weighted by molar-refractivity contribution is -0.0512. The number of aromatic nitrogens is 2. The molecule has 0 saturated carbocycles. The molecule has 2 aromatic carbocycles. The molecular formula is C20H19F2N3O3. The zero-order chi connectivity index (χ0) is 20.3. The van der Waals surface area contributed by atoms with E-state index in [1.54, 1.807) is 7.05 Å². The van der Waals surface area contributed by atoms with E-state index in [2.05, 4.69) is 14.7 Å². The molecule has 0 saturated heterocycles. The van der Waals surface area contributed by atoms with Crippen LogP contribution in [0.4, 0.5) is 8.78 Å². The molecule has 3 rings (SSSR count). The monoisotopic (exact) mass is 387 g/mol. The Bertz CT molecular complexity index is 1010. The van der Waals surface area contributed by atoms with Crippen molar-refractivity contribution in [2.75, 3.05) is 14.2 Å². The van der Waals surface area contributed by atoms with Crippen LogP contribution < -0.4 is 9.47 Å². The number of hydrogen-bond acceptors (Lipinski definition) is 5.